The molecule has 7 heteroatoms. The summed E-state index contributed by atoms with van der Waals surface area (Å²) in [4.78, 5) is 23.0. The molecule has 0 spiro atoms. The molecular weight excluding hydrogens is 394 g/mol. The standard InChI is InChI=1S/C24H23N3O4/c1-16-7-12-21(17(2)13-16)26-24(30)27-25-14-20-5-3-4-6-22(20)31-15-18-8-10-19(11-9-18)23(28)29/h3-14H,15H2,1-2H3,(H,28,29)(H2,26,27,30)/b25-14+. The number of para-hydroxylation sites is 1. The summed E-state index contributed by atoms with van der Waals surface area (Å²) in [5, 5.41) is 15.7. The minimum Gasteiger partial charge on any atom is -0.488 e. The van der Waals surface area contributed by atoms with Gasteiger partial charge in [-0.2, -0.15) is 5.10 Å². The number of anilines is 1. The molecule has 0 aliphatic rings. The van der Waals surface area contributed by atoms with Crippen molar-refractivity contribution in [1.82, 2.24) is 5.43 Å². The van der Waals surface area contributed by atoms with Gasteiger partial charge in [0.25, 0.3) is 0 Å². The van der Waals surface area contributed by atoms with Crippen LogP contribution in [0.2, 0.25) is 0 Å². The number of carbonyl (C=O) groups excluding carboxylic acids is 1. The fourth-order valence-corrected chi connectivity index (χ4v) is 2.89. The predicted molar refractivity (Wildman–Crippen MR) is 120 cm³/mol. The molecule has 0 aromatic heterocycles. The van der Waals surface area contributed by atoms with Gasteiger partial charge in [-0.1, -0.05) is 42.0 Å². The molecule has 0 fully saturated rings. The minimum atomic E-state index is -0.969. The zero-order chi connectivity index (χ0) is 22.2. The number of carbonyl (C=O) groups is 2. The molecule has 0 saturated heterocycles. The summed E-state index contributed by atoms with van der Waals surface area (Å²) in [6.45, 7) is 4.19. The van der Waals surface area contributed by atoms with E-state index >= 15 is 0 Å². The maximum atomic E-state index is 12.1. The van der Waals surface area contributed by atoms with Crippen molar-refractivity contribution in [2.24, 2.45) is 5.10 Å². The van der Waals surface area contributed by atoms with Crippen LogP contribution in [0.5, 0.6) is 5.75 Å². The lowest BCUT2D eigenvalue weighted by atomic mass is 10.1. The summed E-state index contributed by atoms with van der Waals surface area (Å²) >= 11 is 0. The van der Waals surface area contributed by atoms with Crippen molar-refractivity contribution in [2.45, 2.75) is 20.5 Å². The van der Waals surface area contributed by atoms with Gasteiger partial charge in [0, 0.05) is 11.3 Å². The van der Waals surface area contributed by atoms with E-state index in [-0.39, 0.29) is 12.2 Å². The van der Waals surface area contributed by atoms with Crippen molar-refractivity contribution in [3.8, 4) is 5.75 Å². The summed E-state index contributed by atoms with van der Waals surface area (Å²) in [7, 11) is 0. The van der Waals surface area contributed by atoms with Crippen molar-refractivity contribution in [3.63, 3.8) is 0 Å². The third-order valence-corrected chi connectivity index (χ3v) is 4.51. The molecule has 0 aliphatic carbocycles. The van der Waals surface area contributed by atoms with E-state index in [4.69, 9.17) is 9.84 Å². The maximum Gasteiger partial charge on any atom is 0.339 e. The Balaban J connectivity index is 1.58. The molecule has 3 N–H and O–H groups in total. The monoisotopic (exact) mass is 417 g/mol. The highest BCUT2D eigenvalue weighted by Gasteiger charge is 2.06. The highest BCUT2D eigenvalue weighted by molar-refractivity contribution is 5.91. The fraction of sp³-hybridized carbons (Fsp3) is 0.125. The molecule has 0 saturated carbocycles. The zero-order valence-corrected chi connectivity index (χ0v) is 17.3. The van der Waals surface area contributed by atoms with Gasteiger partial charge >= 0.3 is 12.0 Å². The van der Waals surface area contributed by atoms with Crippen LogP contribution in [0.3, 0.4) is 0 Å². The fourth-order valence-electron chi connectivity index (χ4n) is 2.89. The third-order valence-electron chi connectivity index (χ3n) is 4.51. The Morgan fingerprint density at radius 3 is 2.48 bits per heavy atom. The topological polar surface area (TPSA) is 100 Å². The van der Waals surface area contributed by atoms with E-state index in [1.807, 2.05) is 50.2 Å². The number of urea groups is 1. The quantitative estimate of drug-likeness (QED) is 0.382. The summed E-state index contributed by atoms with van der Waals surface area (Å²) in [5.41, 5.74) is 7.00. The zero-order valence-electron chi connectivity index (χ0n) is 17.3. The average molecular weight is 417 g/mol. The molecule has 0 bridgehead atoms. The lowest BCUT2D eigenvalue weighted by molar-refractivity contribution is 0.0696. The second-order valence-electron chi connectivity index (χ2n) is 6.97. The summed E-state index contributed by atoms with van der Waals surface area (Å²) in [6, 6.07) is 19.1. The van der Waals surface area contributed by atoms with Crippen LogP contribution in [-0.4, -0.2) is 23.3 Å². The number of aryl methyl sites for hydroxylation is 2. The molecular formula is C24H23N3O4. The molecule has 0 radical (unpaired) electrons. The molecule has 0 aliphatic heterocycles. The summed E-state index contributed by atoms with van der Waals surface area (Å²) in [5.74, 6) is -0.381. The number of carboxylic acids is 1. The molecule has 0 atom stereocenters. The van der Waals surface area contributed by atoms with Crippen LogP contribution in [-0.2, 0) is 6.61 Å². The average Bonchev–Trinajstić information content (AvgIpc) is 2.75. The number of carboxylic acid groups (broad SMARTS) is 1. The van der Waals surface area contributed by atoms with E-state index in [1.54, 1.807) is 18.2 Å². The lowest BCUT2D eigenvalue weighted by Crippen LogP contribution is -2.24. The largest absolute Gasteiger partial charge is 0.488 e. The van der Waals surface area contributed by atoms with Crippen LogP contribution in [0.1, 0.15) is 32.6 Å². The van der Waals surface area contributed by atoms with E-state index in [9.17, 15) is 9.59 Å². The Morgan fingerprint density at radius 2 is 1.77 bits per heavy atom. The Labute approximate surface area is 180 Å². The molecule has 7 nitrogen and oxygen atoms in total. The first kappa shape index (κ1) is 21.6. The van der Waals surface area contributed by atoms with E-state index in [0.717, 1.165) is 22.4 Å². The molecule has 158 valence electrons. The number of nitrogens with zero attached hydrogens (tertiary/aromatic N) is 1. The molecule has 3 rings (SSSR count). The number of aromatic carboxylic acids is 1. The number of hydrogen-bond acceptors (Lipinski definition) is 4. The molecule has 3 aromatic rings. The van der Waals surface area contributed by atoms with Crippen molar-refractivity contribution in [1.29, 1.82) is 0 Å². The normalized spacial score (nSPS) is 10.6. The molecule has 0 unspecified atom stereocenters. The van der Waals surface area contributed by atoms with Crippen LogP contribution >= 0.6 is 0 Å². The van der Waals surface area contributed by atoms with Crippen LogP contribution < -0.4 is 15.5 Å². The van der Waals surface area contributed by atoms with Gasteiger partial charge in [-0.25, -0.2) is 15.0 Å². The number of hydrogen-bond donors (Lipinski definition) is 3. The Bertz CT molecular complexity index is 1110. The molecule has 31 heavy (non-hydrogen) atoms. The number of hydrazone groups is 1. The number of benzene rings is 3. The van der Waals surface area contributed by atoms with Gasteiger partial charge in [0.1, 0.15) is 12.4 Å². The second-order valence-corrected chi connectivity index (χ2v) is 6.97. The predicted octanol–water partition coefficient (Wildman–Crippen LogP) is 4.74. The Kier molecular flexibility index (Phi) is 7.01. The minimum absolute atomic E-state index is 0.224. The smallest absolute Gasteiger partial charge is 0.339 e. The number of nitrogens with one attached hydrogen (secondary N) is 2. The van der Waals surface area contributed by atoms with E-state index in [2.05, 4.69) is 15.8 Å². The highest BCUT2D eigenvalue weighted by Crippen LogP contribution is 2.18. The molecule has 2 amide bonds. The van der Waals surface area contributed by atoms with Crippen molar-refractivity contribution in [3.05, 3.63) is 94.5 Å². The summed E-state index contributed by atoms with van der Waals surface area (Å²) in [6.07, 6.45) is 1.50. The molecule has 0 heterocycles. The van der Waals surface area contributed by atoms with Gasteiger partial charge in [-0.3, -0.25) is 0 Å². The first-order chi connectivity index (χ1) is 14.9. The van der Waals surface area contributed by atoms with Gasteiger partial charge in [0.2, 0.25) is 0 Å². The Morgan fingerprint density at radius 1 is 1.03 bits per heavy atom. The number of amides is 2. The van der Waals surface area contributed by atoms with Crippen LogP contribution in [0.15, 0.2) is 71.8 Å². The summed E-state index contributed by atoms with van der Waals surface area (Å²) < 4.78 is 5.84. The number of rotatable bonds is 7. The van der Waals surface area contributed by atoms with E-state index in [1.165, 1.54) is 18.3 Å². The SMILES string of the molecule is Cc1ccc(NC(=O)N/N=C/c2ccccc2OCc2ccc(C(=O)O)cc2)c(C)c1. The first-order valence-corrected chi connectivity index (χ1v) is 9.64. The van der Waals surface area contributed by atoms with Crippen LogP contribution in [0.25, 0.3) is 0 Å². The van der Waals surface area contributed by atoms with Gasteiger partial charge < -0.3 is 15.2 Å². The van der Waals surface area contributed by atoms with Gasteiger partial charge in [-0.15, -0.1) is 0 Å². The second kappa shape index (κ2) is 10.1. The third kappa shape index (κ3) is 6.17. The van der Waals surface area contributed by atoms with Crippen molar-refractivity contribution >= 4 is 23.9 Å². The van der Waals surface area contributed by atoms with Crippen LogP contribution in [0, 0.1) is 13.8 Å². The number of ether oxygens (including phenoxy) is 1. The van der Waals surface area contributed by atoms with Crippen molar-refractivity contribution in [2.75, 3.05) is 5.32 Å². The maximum absolute atomic E-state index is 12.1. The Hall–Kier alpha value is -4.13. The van der Waals surface area contributed by atoms with Crippen molar-refractivity contribution < 1.29 is 19.4 Å². The van der Waals surface area contributed by atoms with Gasteiger partial charge in [0.05, 0.1) is 11.8 Å². The lowest BCUT2D eigenvalue weighted by Gasteiger charge is -2.10. The van der Waals surface area contributed by atoms with Gasteiger partial charge in [-0.05, 0) is 55.3 Å². The van der Waals surface area contributed by atoms with Crippen LogP contribution in [0.4, 0.5) is 10.5 Å². The van der Waals surface area contributed by atoms with E-state index in [0.29, 0.717) is 11.3 Å². The molecule has 3 aromatic carbocycles. The first-order valence-electron chi connectivity index (χ1n) is 9.64. The highest BCUT2D eigenvalue weighted by atomic mass is 16.5. The van der Waals surface area contributed by atoms with E-state index < -0.39 is 12.0 Å². The van der Waals surface area contributed by atoms with Gasteiger partial charge in [0.15, 0.2) is 0 Å².